The average Bonchev–Trinajstić information content (AvgIpc) is 2.96. The van der Waals surface area contributed by atoms with Gasteiger partial charge in [-0.15, -0.1) is 0 Å². The van der Waals surface area contributed by atoms with Crippen molar-refractivity contribution in [3.63, 3.8) is 0 Å². The topological polar surface area (TPSA) is 74.7 Å². The number of aromatic hydroxyl groups is 1. The first-order valence-corrected chi connectivity index (χ1v) is 7.54. The van der Waals surface area contributed by atoms with Crippen molar-refractivity contribution in [2.75, 3.05) is 0 Å². The summed E-state index contributed by atoms with van der Waals surface area (Å²) in [5.41, 5.74) is 3.50. The minimum atomic E-state index is -0.0147. The number of nitrogens with one attached hydrogen (secondary N) is 1. The summed E-state index contributed by atoms with van der Waals surface area (Å²) in [6, 6.07) is 9.41. The van der Waals surface area contributed by atoms with Gasteiger partial charge in [-0.1, -0.05) is 32.9 Å². The van der Waals surface area contributed by atoms with Gasteiger partial charge in [-0.3, -0.25) is 10.1 Å². The number of aryl methyl sites for hydroxylation is 1. The van der Waals surface area contributed by atoms with Crippen LogP contribution in [0.25, 0.3) is 22.9 Å². The summed E-state index contributed by atoms with van der Waals surface area (Å²) in [7, 11) is 0. The van der Waals surface area contributed by atoms with Gasteiger partial charge < -0.3 is 5.11 Å². The van der Waals surface area contributed by atoms with Gasteiger partial charge in [-0.2, -0.15) is 5.10 Å². The molecule has 0 unspecified atom stereocenters. The van der Waals surface area contributed by atoms with Gasteiger partial charge in [-0.25, -0.2) is 4.98 Å². The van der Waals surface area contributed by atoms with Crippen LogP contribution in [-0.2, 0) is 5.41 Å². The number of aromatic nitrogens is 4. The van der Waals surface area contributed by atoms with Crippen molar-refractivity contribution in [1.82, 2.24) is 20.2 Å². The lowest BCUT2D eigenvalue weighted by Gasteiger charge is -2.19. The normalized spacial score (nSPS) is 11.7. The van der Waals surface area contributed by atoms with E-state index in [1.54, 1.807) is 12.3 Å². The van der Waals surface area contributed by atoms with E-state index in [9.17, 15) is 5.11 Å². The number of rotatable bonds is 2. The lowest BCUT2D eigenvalue weighted by molar-refractivity contribution is 0.475. The van der Waals surface area contributed by atoms with Crippen LogP contribution in [0.15, 0.2) is 36.5 Å². The molecule has 2 heterocycles. The Morgan fingerprint density at radius 3 is 2.61 bits per heavy atom. The Balaban J connectivity index is 2.06. The maximum atomic E-state index is 10.2. The molecule has 0 saturated carbocycles. The molecule has 23 heavy (non-hydrogen) atoms. The van der Waals surface area contributed by atoms with E-state index in [2.05, 4.69) is 40.9 Å². The van der Waals surface area contributed by atoms with E-state index in [1.807, 2.05) is 31.2 Å². The fraction of sp³-hybridized carbons (Fsp3) is 0.278. The summed E-state index contributed by atoms with van der Waals surface area (Å²) >= 11 is 0. The monoisotopic (exact) mass is 308 g/mol. The van der Waals surface area contributed by atoms with E-state index < -0.39 is 0 Å². The third kappa shape index (κ3) is 2.95. The third-order valence-corrected chi connectivity index (χ3v) is 3.82. The van der Waals surface area contributed by atoms with Gasteiger partial charge in [0.15, 0.2) is 11.6 Å². The smallest absolute Gasteiger partial charge is 0.185 e. The number of phenolic OH excluding ortho intramolecular Hbond substituents is 1. The van der Waals surface area contributed by atoms with Crippen LogP contribution in [0, 0.1) is 6.92 Å². The molecule has 0 radical (unpaired) electrons. The second-order valence-corrected chi connectivity index (χ2v) is 6.66. The Labute approximate surface area is 135 Å². The second kappa shape index (κ2) is 5.50. The minimum absolute atomic E-state index is 0.0147. The van der Waals surface area contributed by atoms with Gasteiger partial charge in [-0.05, 0) is 41.7 Å². The maximum absolute atomic E-state index is 10.2. The number of aromatic amines is 1. The zero-order valence-corrected chi connectivity index (χ0v) is 13.8. The molecule has 0 amide bonds. The van der Waals surface area contributed by atoms with Crippen molar-refractivity contribution in [3.8, 4) is 28.7 Å². The zero-order chi connectivity index (χ0) is 16.6. The molecule has 5 heteroatoms. The molecule has 0 aliphatic heterocycles. The van der Waals surface area contributed by atoms with Crippen molar-refractivity contribution < 1.29 is 5.11 Å². The molecule has 0 aliphatic rings. The molecule has 2 aromatic heterocycles. The summed E-state index contributed by atoms with van der Waals surface area (Å²) in [6.07, 6.45) is 1.72. The predicted molar refractivity (Wildman–Crippen MR) is 90.2 cm³/mol. The standard InChI is InChI=1S/C18H20N4O/c1-11-6-5-9-19-15(11)17-20-16(21-22-17)13-10-12(18(2,3)4)7-8-14(13)23/h5-10,23H,1-4H3,(H,20,21,22). The first kappa shape index (κ1) is 15.2. The molecule has 1 aromatic carbocycles. The molecule has 3 aromatic rings. The van der Waals surface area contributed by atoms with Crippen molar-refractivity contribution in [3.05, 3.63) is 47.7 Å². The van der Waals surface area contributed by atoms with Crippen LogP contribution < -0.4 is 0 Å². The highest BCUT2D eigenvalue weighted by Crippen LogP contribution is 2.33. The number of benzene rings is 1. The molecule has 0 saturated heterocycles. The third-order valence-electron chi connectivity index (χ3n) is 3.82. The highest BCUT2D eigenvalue weighted by atomic mass is 16.3. The van der Waals surface area contributed by atoms with Crippen molar-refractivity contribution in [1.29, 1.82) is 0 Å². The lowest BCUT2D eigenvalue weighted by Crippen LogP contribution is -2.10. The molecular formula is C18H20N4O. The van der Waals surface area contributed by atoms with Crippen LogP contribution in [-0.4, -0.2) is 25.3 Å². The maximum Gasteiger partial charge on any atom is 0.185 e. The highest BCUT2D eigenvalue weighted by molar-refractivity contribution is 5.67. The fourth-order valence-electron chi connectivity index (χ4n) is 2.40. The number of hydrogen-bond acceptors (Lipinski definition) is 4. The predicted octanol–water partition coefficient (Wildman–Crippen LogP) is 3.85. The zero-order valence-electron chi connectivity index (χ0n) is 13.8. The molecule has 0 aliphatic carbocycles. The summed E-state index contributed by atoms with van der Waals surface area (Å²) in [6.45, 7) is 8.36. The van der Waals surface area contributed by atoms with Crippen LogP contribution in [0.4, 0.5) is 0 Å². The number of H-pyrrole nitrogens is 1. The molecular weight excluding hydrogens is 288 g/mol. The van der Waals surface area contributed by atoms with E-state index in [0.29, 0.717) is 17.2 Å². The molecule has 2 N–H and O–H groups in total. The van der Waals surface area contributed by atoms with E-state index in [0.717, 1.165) is 16.8 Å². The van der Waals surface area contributed by atoms with Crippen molar-refractivity contribution in [2.45, 2.75) is 33.1 Å². The van der Waals surface area contributed by atoms with E-state index >= 15 is 0 Å². The van der Waals surface area contributed by atoms with Crippen molar-refractivity contribution >= 4 is 0 Å². The Morgan fingerprint density at radius 2 is 1.91 bits per heavy atom. The number of hydrogen-bond donors (Lipinski definition) is 2. The first-order chi connectivity index (χ1) is 10.9. The molecule has 0 spiro atoms. The summed E-state index contributed by atoms with van der Waals surface area (Å²) in [4.78, 5) is 8.84. The number of pyridine rings is 1. The Hall–Kier alpha value is -2.69. The van der Waals surface area contributed by atoms with Gasteiger partial charge in [0.1, 0.15) is 11.4 Å². The average molecular weight is 308 g/mol. The van der Waals surface area contributed by atoms with Gasteiger partial charge in [0.25, 0.3) is 0 Å². The van der Waals surface area contributed by atoms with E-state index in [-0.39, 0.29) is 11.2 Å². The van der Waals surface area contributed by atoms with Crippen LogP contribution in [0.2, 0.25) is 0 Å². The Kier molecular flexibility index (Phi) is 3.64. The fourth-order valence-corrected chi connectivity index (χ4v) is 2.40. The van der Waals surface area contributed by atoms with Crippen molar-refractivity contribution in [2.24, 2.45) is 0 Å². The van der Waals surface area contributed by atoms with Crippen LogP contribution >= 0.6 is 0 Å². The van der Waals surface area contributed by atoms with Crippen LogP contribution in [0.3, 0.4) is 0 Å². The quantitative estimate of drug-likeness (QED) is 0.754. The molecule has 5 nitrogen and oxygen atoms in total. The summed E-state index contributed by atoms with van der Waals surface area (Å²) < 4.78 is 0. The molecule has 0 bridgehead atoms. The van der Waals surface area contributed by atoms with Gasteiger partial charge in [0.2, 0.25) is 0 Å². The van der Waals surface area contributed by atoms with E-state index in [1.165, 1.54) is 0 Å². The van der Waals surface area contributed by atoms with Gasteiger partial charge in [0, 0.05) is 6.20 Å². The second-order valence-electron chi connectivity index (χ2n) is 6.66. The summed E-state index contributed by atoms with van der Waals surface area (Å²) in [5.74, 6) is 1.23. The van der Waals surface area contributed by atoms with Crippen LogP contribution in [0.1, 0.15) is 31.9 Å². The van der Waals surface area contributed by atoms with Crippen LogP contribution in [0.5, 0.6) is 5.75 Å². The number of phenols is 1. The highest BCUT2D eigenvalue weighted by Gasteiger charge is 2.18. The number of nitrogens with zero attached hydrogens (tertiary/aromatic N) is 3. The molecule has 118 valence electrons. The molecule has 0 atom stereocenters. The summed E-state index contributed by atoms with van der Waals surface area (Å²) in [5, 5.41) is 17.3. The largest absolute Gasteiger partial charge is 0.507 e. The van der Waals surface area contributed by atoms with Gasteiger partial charge in [0.05, 0.1) is 5.56 Å². The lowest BCUT2D eigenvalue weighted by atomic mass is 9.86. The first-order valence-electron chi connectivity index (χ1n) is 7.54. The molecule has 3 rings (SSSR count). The Morgan fingerprint density at radius 1 is 1.13 bits per heavy atom. The van der Waals surface area contributed by atoms with Gasteiger partial charge >= 0.3 is 0 Å². The Bertz CT molecular complexity index is 846. The SMILES string of the molecule is Cc1cccnc1-c1nc(-c2cc(C(C)(C)C)ccc2O)n[nH]1. The molecule has 0 fully saturated rings. The minimum Gasteiger partial charge on any atom is -0.507 e. The van der Waals surface area contributed by atoms with E-state index in [4.69, 9.17) is 0 Å².